The van der Waals surface area contributed by atoms with Crippen LogP contribution >= 0.6 is 11.8 Å². The smallest absolute Gasteiger partial charge is 0.230 e. The minimum absolute atomic E-state index is 0.0753. The molecule has 0 aliphatic carbocycles. The van der Waals surface area contributed by atoms with Crippen LogP contribution in [0.4, 0.5) is 0 Å². The largest absolute Gasteiger partial charge is 0.350 e. The van der Waals surface area contributed by atoms with E-state index in [0.29, 0.717) is 11.7 Å². The van der Waals surface area contributed by atoms with Gasteiger partial charge >= 0.3 is 0 Å². The predicted molar refractivity (Wildman–Crippen MR) is 71.4 cm³/mol. The molecule has 0 unspecified atom stereocenters. The summed E-state index contributed by atoms with van der Waals surface area (Å²) in [5.41, 5.74) is 1.67. The predicted octanol–water partition coefficient (Wildman–Crippen LogP) is 0.984. The van der Waals surface area contributed by atoms with E-state index in [1.165, 1.54) is 18.1 Å². The molecule has 1 amide bonds. The Morgan fingerprint density at radius 2 is 2.05 bits per heavy atom. The lowest BCUT2D eigenvalue weighted by Crippen LogP contribution is -2.25. The molecule has 0 fully saturated rings. The second-order valence-electron chi connectivity index (χ2n) is 3.75. The van der Waals surface area contributed by atoms with Gasteiger partial charge in [-0.25, -0.2) is 19.9 Å². The van der Waals surface area contributed by atoms with Crippen LogP contribution in [0.2, 0.25) is 0 Å². The molecule has 2 aromatic heterocycles. The fourth-order valence-corrected chi connectivity index (χ4v) is 1.97. The third kappa shape index (κ3) is 4.63. The highest BCUT2D eigenvalue weighted by molar-refractivity contribution is 7.99. The first-order valence-electron chi connectivity index (χ1n) is 5.68. The van der Waals surface area contributed by atoms with E-state index >= 15 is 0 Å². The first-order chi connectivity index (χ1) is 9.24. The van der Waals surface area contributed by atoms with Crippen molar-refractivity contribution < 1.29 is 4.79 Å². The van der Waals surface area contributed by atoms with Crippen LogP contribution in [0.5, 0.6) is 0 Å². The number of rotatable bonds is 5. The normalized spacial score (nSPS) is 10.2. The van der Waals surface area contributed by atoms with E-state index in [9.17, 15) is 4.79 Å². The summed E-state index contributed by atoms with van der Waals surface area (Å²) < 4.78 is 0. The minimum Gasteiger partial charge on any atom is -0.350 e. The first kappa shape index (κ1) is 13.4. The summed E-state index contributed by atoms with van der Waals surface area (Å²) in [5, 5.41) is 3.38. The van der Waals surface area contributed by atoms with Crippen LogP contribution in [0, 0.1) is 6.92 Å². The van der Waals surface area contributed by atoms with Gasteiger partial charge in [0.15, 0.2) is 5.16 Å². The van der Waals surface area contributed by atoms with E-state index in [2.05, 4.69) is 25.3 Å². The van der Waals surface area contributed by atoms with E-state index in [4.69, 9.17) is 0 Å². The van der Waals surface area contributed by atoms with Crippen molar-refractivity contribution in [1.29, 1.82) is 0 Å². The maximum atomic E-state index is 11.6. The van der Waals surface area contributed by atoms with Gasteiger partial charge in [-0.05, 0) is 19.1 Å². The number of carbonyl (C=O) groups excluding carboxylic acids is 1. The monoisotopic (exact) mass is 275 g/mol. The molecular formula is C12H13N5OS. The molecule has 7 heteroatoms. The van der Waals surface area contributed by atoms with Crippen LogP contribution in [-0.2, 0) is 11.3 Å². The number of aromatic nitrogens is 4. The maximum absolute atomic E-state index is 11.6. The van der Waals surface area contributed by atoms with Gasteiger partial charge < -0.3 is 5.32 Å². The standard InChI is InChI=1S/C12H13N5OS/c1-9-5-10(17-8-16-9)6-15-11(18)7-19-12-13-3-2-4-14-12/h2-5,8H,6-7H2,1H3,(H,15,18). The lowest BCUT2D eigenvalue weighted by Gasteiger charge is -2.04. The quantitative estimate of drug-likeness (QED) is 0.647. The number of nitrogens with one attached hydrogen (secondary N) is 1. The van der Waals surface area contributed by atoms with Gasteiger partial charge in [-0.3, -0.25) is 4.79 Å². The molecule has 0 saturated heterocycles. The fraction of sp³-hybridized carbons (Fsp3) is 0.250. The Kier molecular flexibility index (Phi) is 4.79. The van der Waals surface area contributed by atoms with Gasteiger partial charge in [-0.15, -0.1) is 0 Å². The Bertz CT molecular complexity index is 549. The second kappa shape index (κ2) is 6.79. The van der Waals surface area contributed by atoms with Gasteiger partial charge in [0.05, 0.1) is 18.0 Å². The highest BCUT2D eigenvalue weighted by Gasteiger charge is 2.04. The molecule has 0 bridgehead atoms. The average molecular weight is 275 g/mol. The number of amides is 1. The van der Waals surface area contributed by atoms with Crippen LogP contribution in [0.25, 0.3) is 0 Å². The van der Waals surface area contributed by atoms with Crippen LogP contribution in [0.3, 0.4) is 0 Å². The Morgan fingerprint density at radius 1 is 1.26 bits per heavy atom. The molecule has 2 heterocycles. The van der Waals surface area contributed by atoms with Crippen molar-refractivity contribution in [2.24, 2.45) is 0 Å². The summed E-state index contributed by atoms with van der Waals surface area (Å²) in [4.78, 5) is 27.8. The third-order valence-corrected chi connectivity index (χ3v) is 3.08. The van der Waals surface area contributed by atoms with Crippen molar-refractivity contribution in [1.82, 2.24) is 25.3 Å². The molecule has 0 atom stereocenters. The average Bonchev–Trinajstić information content (AvgIpc) is 2.44. The van der Waals surface area contributed by atoms with Crippen molar-refractivity contribution >= 4 is 17.7 Å². The molecule has 2 aromatic rings. The van der Waals surface area contributed by atoms with E-state index in [0.717, 1.165) is 11.4 Å². The number of hydrogen-bond acceptors (Lipinski definition) is 6. The zero-order valence-electron chi connectivity index (χ0n) is 10.4. The van der Waals surface area contributed by atoms with Crippen molar-refractivity contribution in [2.45, 2.75) is 18.6 Å². The van der Waals surface area contributed by atoms with Gasteiger partial charge in [0.2, 0.25) is 5.91 Å². The van der Waals surface area contributed by atoms with Gasteiger partial charge in [-0.2, -0.15) is 0 Å². The summed E-state index contributed by atoms with van der Waals surface area (Å²) in [6.45, 7) is 2.29. The summed E-state index contributed by atoms with van der Waals surface area (Å²) in [7, 11) is 0. The summed E-state index contributed by atoms with van der Waals surface area (Å²) in [6.07, 6.45) is 4.79. The number of thioether (sulfide) groups is 1. The molecule has 98 valence electrons. The second-order valence-corrected chi connectivity index (χ2v) is 4.69. The molecule has 0 saturated carbocycles. The Hall–Kier alpha value is -2.02. The Balaban J connectivity index is 1.76. The number of carbonyl (C=O) groups is 1. The molecule has 0 radical (unpaired) electrons. The van der Waals surface area contributed by atoms with Gasteiger partial charge in [0.25, 0.3) is 0 Å². The molecule has 1 N–H and O–H groups in total. The number of nitrogens with zero attached hydrogens (tertiary/aromatic N) is 4. The number of aryl methyl sites for hydroxylation is 1. The highest BCUT2D eigenvalue weighted by atomic mass is 32.2. The van der Waals surface area contributed by atoms with Gasteiger partial charge in [-0.1, -0.05) is 11.8 Å². The van der Waals surface area contributed by atoms with Crippen molar-refractivity contribution in [3.63, 3.8) is 0 Å². The zero-order valence-corrected chi connectivity index (χ0v) is 11.2. The van der Waals surface area contributed by atoms with E-state index in [1.807, 2.05) is 13.0 Å². The molecule has 6 nitrogen and oxygen atoms in total. The van der Waals surface area contributed by atoms with Crippen LogP contribution < -0.4 is 5.32 Å². The first-order valence-corrected chi connectivity index (χ1v) is 6.66. The lowest BCUT2D eigenvalue weighted by molar-refractivity contribution is -0.118. The molecule has 2 rings (SSSR count). The van der Waals surface area contributed by atoms with Gasteiger partial charge in [0, 0.05) is 18.1 Å². The van der Waals surface area contributed by atoms with Gasteiger partial charge in [0.1, 0.15) is 6.33 Å². The van der Waals surface area contributed by atoms with Crippen molar-refractivity contribution in [3.05, 3.63) is 42.2 Å². The van der Waals surface area contributed by atoms with Crippen LogP contribution in [0.1, 0.15) is 11.4 Å². The van der Waals surface area contributed by atoms with Crippen LogP contribution in [0.15, 0.2) is 36.0 Å². The maximum Gasteiger partial charge on any atom is 0.230 e. The molecular weight excluding hydrogens is 262 g/mol. The topological polar surface area (TPSA) is 80.7 Å². The Morgan fingerprint density at radius 3 is 2.79 bits per heavy atom. The summed E-state index contributed by atoms with van der Waals surface area (Å²) in [6, 6.07) is 3.58. The molecule has 0 aromatic carbocycles. The molecule has 19 heavy (non-hydrogen) atoms. The minimum atomic E-state index is -0.0753. The van der Waals surface area contributed by atoms with Crippen LogP contribution in [-0.4, -0.2) is 31.6 Å². The molecule has 0 aliphatic rings. The van der Waals surface area contributed by atoms with Crippen molar-refractivity contribution in [3.8, 4) is 0 Å². The SMILES string of the molecule is Cc1cc(CNC(=O)CSc2ncccn2)ncn1. The summed E-state index contributed by atoms with van der Waals surface area (Å²) in [5.74, 6) is 0.211. The summed E-state index contributed by atoms with van der Waals surface area (Å²) >= 11 is 1.30. The van der Waals surface area contributed by atoms with Crippen molar-refractivity contribution in [2.75, 3.05) is 5.75 Å². The van der Waals surface area contributed by atoms with E-state index in [-0.39, 0.29) is 11.7 Å². The van der Waals surface area contributed by atoms with E-state index < -0.39 is 0 Å². The Labute approximate surface area is 115 Å². The van der Waals surface area contributed by atoms with E-state index in [1.54, 1.807) is 18.5 Å². The third-order valence-electron chi connectivity index (χ3n) is 2.20. The highest BCUT2D eigenvalue weighted by Crippen LogP contribution is 2.09. The molecule has 0 spiro atoms. The fourth-order valence-electron chi connectivity index (χ4n) is 1.34. The molecule has 0 aliphatic heterocycles. The zero-order chi connectivity index (χ0) is 13.5. The number of hydrogen-bond donors (Lipinski definition) is 1. The lowest BCUT2D eigenvalue weighted by atomic mass is 10.3.